The molecular weight excluding hydrogens is 306 g/mol. The van der Waals surface area contributed by atoms with E-state index in [2.05, 4.69) is 0 Å². The number of esters is 1. The molecule has 5 heteroatoms. The number of hydrogen-bond acceptors (Lipinski definition) is 5. The molecule has 0 aliphatic rings. The molecule has 0 bridgehead atoms. The first-order valence-electron chi connectivity index (χ1n) is 7.83. The lowest BCUT2D eigenvalue weighted by Crippen LogP contribution is -2.34. The summed E-state index contributed by atoms with van der Waals surface area (Å²) in [5.41, 5.74) is 6.44. The van der Waals surface area contributed by atoms with Crippen LogP contribution >= 0.6 is 0 Å². The normalized spacial score (nSPS) is 14.3. The molecule has 2 aromatic rings. The highest BCUT2D eigenvalue weighted by Gasteiger charge is 2.26. The van der Waals surface area contributed by atoms with E-state index >= 15 is 0 Å². The minimum Gasteiger partial charge on any atom is -0.497 e. The van der Waals surface area contributed by atoms with E-state index in [-0.39, 0.29) is 0 Å². The molecule has 0 radical (unpaired) electrons. The molecule has 0 saturated heterocycles. The molecule has 0 aliphatic carbocycles. The third kappa shape index (κ3) is 4.73. The molecule has 2 aromatic carbocycles. The third-order valence-electron chi connectivity index (χ3n) is 3.53. The number of nitrogens with two attached hydrogens (primary N) is 1. The first kappa shape index (κ1) is 17.8. The summed E-state index contributed by atoms with van der Waals surface area (Å²) < 4.78 is 16.8. The van der Waals surface area contributed by atoms with Crippen molar-refractivity contribution in [3.63, 3.8) is 0 Å². The highest BCUT2D eigenvalue weighted by molar-refractivity contribution is 5.75. The number of methoxy groups -OCH3 is 1. The fraction of sp³-hybridized carbons (Fsp3) is 0.316. The van der Waals surface area contributed by atoms with Crippen LogP contribution in [0.5, 0.6) is 11.5 Å². The summed E-state index contributed by atoms with van der Waals surface area (Å²) in [6, 6.07) is 16.2. The Labute approximate surface area is 142 Å². The number of carbonyl (C=O) groups excluding carboxylic acids is 1. The van der Waals surface area contributed by atoms with Crippen molar-refractivity contribution in [2.45, 2.75) is 32.1 Å². The van der Waals surface area contributed by atoms with Crippen molar-refractivity contribution in [1.82, 2.24) is 0 Å². The Bertz CT molecular complexity index is 657. The van der Waals surface area contributed by atoms with Crippen molar-refractivity contribution in [2.24, 2.45) is 5.73 Å². The lowest BCUT2D eigenvalue weighted by Gasteiger charge is -2.26. The van der Waals surface area contributed by atoms with Gasteiger partial charge in [-0.2, -0.15) is 0 Å². The van der Waals surface area contributed by atoms with E-state index in [0.29, 0.717) is 11.5 Å². The van der Waals surface area contributed by atoms with Gasteiger partial charge in [0.2, 0.25) is 0 Å². The minimum atomic E-state index is -0.685. The van der Waals surface area contributed by atoms with Gasteiger partial charge in [0, 0.05) is 0 Å². The van der Waals surface area contributed by atoms with E-state index in [9.17, 15) is 4.79 Å². The molecule has 2 rings (SSSR count). The van der Waals surface area contributed by atoms with Crippen LogP contribution in [0.4, 0.5) is 0 Å². The molecule has 0 heterocycles. The van der Waals surface area contributed by atoms with Gasteiger partial charge >= 0.3 is 5.97 Å². The van der Waals surface area contributed by atoms with E-state index in [0.717, 1.165) is 5.56 Å². The van der Waals surface area contributed by atoms with E-state index < -0.39 is 24.2 Å². The van der Waals surface area contributed by atoms with Gasteiger partial charge in [-0.15, -0.1) is 0 Å². The average Bonchev–Trinajstić information content (AvgIpc) is 2.60. The number of benzene rings is 2. The van der Waals surface area contributed by atoms with Gasteiger partial charge in [-0.1, -0.05) is 30.3 Å². The number of rotatable bonds is 7. The molecule has 5 nitrogen and oxygen atoms in total. The number of para-hydroxylation sites is 1. The minimum absolute atomic E-state index is 0.466. The molecule has 0 amide bonds. The predicted molar refractivity (Wildman–Crippen MR) is 92.0 cm³/mol. The maximum absolute atomic E-state index is 11.8. The second kappa shape index (κ2) is 8.36. The molecule has 0 unspecified atom stereocenters. The van der Waals surface area contributed by atoms with Crippen LogP contribution < -0.4 is 15.2 Å². The van der Waals surface area contributed by atoms with Gasteiger partial charge in [-0.25, -0.2) is 0 Å². The molecule has 2 N–H and O–H groups in total. The Hall–Kier alpha value is -2.53. The Morgan fingerprint density at radius 3 is 2.29 bits per heavy atom. The topological polar surface area (TPSA) is 70.8 Å². The summed E-state index contributed by atoms with van der Waals surface area (Å²) in [4.78, 5) is 11.8. The Balaban J connectivity index is 2.27. The number of carbonyl (C=O) groups is 1. The van der Waals surface area contributed by atoms with Gasteiger partial charge < -0.3 is 19.9 Å². The zero-order valence-corrected chi connectivity index (χ0v) is 14.1. The van der Waals surface area contributed by atoms with Gasteiger partial charge in [0.25, 0.3) is 0 Å². The highest BCUT2D eigenvalue weighted by Crippen LogP contribution is 2.28. The molecule has 24 heavy (non-hydrogen) atoms. The molecular formula is C19H23NO4. The maximum atomic E-state index is 11.8. The SMILES string of the molecule is COc1cccc([C@@H](Oc2ccccc2)[C@H](C)OC(=O)[C@H](C)N)c1. The predicted octanol–water partition coefficient (Wildman–Crippen LogP) is 3.09. The van der Waals surface area contributed by atoms with Crippen LogP contribution in [0, 0.1) is 0 Å². The Morgan fingerprint density at radius 1 is 1.00 bits per heavy atom. The Kier molecular flexibility index (Phi) is 6.21. The largest absolute Gasteiger partial charge is 0.497 e. The smallest absolute Gasteiger partial charge is 0.323 e. The standard InChI is InChI=1S/C19H23NO4/c1-13(20)19(21)23-14(2)18(24-16-9-5-4-6-10-16)15-8-7-11-17(12-15)22-3/h4-14,18H,20H2,1-3H3/t13-,14-,18-/m0/s1. The molecule has 0 spiro atoms. The van der Waals surface area contributed by atoms with E-state index in [4.69, 9.17) is 19.9 Å². The second-order valence-electron chi connectivity index (χ2n) is 5.56. The first-order chi connectivity index (χ1) is 11.5. The van der Waals surface area contributed by atoms with Gasteiger partial charge in [0.1, 0.15) is 23.6 Å². The fourth-order valence-corrected chi connectivity index (χ4v) is 2.25. The summed E-state index contributed by atoms with van der Waals surface area (Å²) >= 11 is 0. The van der Waals surface area contributed by atoms with Crippen molar-refractivity contribution < 1.29 is 19.0 Å². The fourth-order valence-electron chi connectivity index (χ4n) is 2.25. The van der Waals surface area contributed by atoms with Crippen molar-refractivity contribution in [3.8, 4) is 11.5 Å². The van der Waals surface area contributed by atoms with Crippen LogP contribution in [0.2, 0.25) is 0 Å². The van der Waals surface area contributed by atoms with Gasteiger partial charge in [-0.05, 0) is 43.7 Å². The summed E-state index contributed by atoms with van der Waals surface area (Å²) in [5.74, 6) is 0.931. The second-order valence-corrected chi connectivity index (χ2v) is 5.56. The zero-order valence-electron chi connectivity index (χ0n) is 14.1. The Morgan fingerprint density at radius 2 is 1.67 bits per heavy atom. The monoisotopic (exact) mass is 329 g/mol. The maximum Gasteiger partial charge on any atom is 0.323 e. The summed E-state index contributed by atoms with van der Waals surface area (Å²) in [5, 5.41) is 0. The number of hydrogen-bond donors (Lipinski definition) is 1. The average molecular weight is 329 g/mol. The van der Waals surface area contributed by atoms with Crippen molar-refractivity contribution >= 4 is 5.97 Å². The molecule has 3 atom stereocenters. The van der Waals surface area contributed by atoms with Gasteiger partial charge in [0.15, 0.2) is 6.10 Å². The van der Waals surface area contributed by atoms with Crippen LogP contribution in [0.3, 0.4) is 0 Å². The van der Waals surface area contributed by atoms with Crippen LogP contribution in [-0.2, 0) is 9.53 Å². The van der Waals surface area contributed by atoms with Gasteiger partial charge in [-0.3, -0.25) is 4.79 Å². The molecule has 128 valence electrons. The highest BCUT2D eigenvalue weighted by atomic mass is 16.6. The van der Waals surface area contributed by atoms with E-state index in [1.54, 1.807) is 21.0 Å². The summed E-state index contributed by atoms with van der Waals surface area (Å²) in [7, 11) is 1.60. The van der Waals surface area contributed by atoms with Crippen LogP contribution in [0.15, 0.2) is 54.6 Å². The third-order valence-corrected chi connectivity index (χ3v) is 3.53. The van der Waals surface area contributed by atoms with Crippen molar-refractivity contribution in [2.75, 3.05) is 7.11 Å². The zero-order chi connectivity index (χ0) is 17.5. The van der Waals surface area contributed by atoms with Crippen LogP contribution in [0.1, 0.15) is 25.5 Å². The van der Waals surface area contributed by atoms with Crippen molar-refractivity contribution in [3.05, 3.63) is 60.2 Å². The molecule has 0 saturated carbocycles. The van der Waals surface area contributed by atoms with Crippen molar-refractivity contribution in [1.29, 1.82) is 0 Å². The lowest BCUT2D eigenvalue weighted by molar-refractivity contribution is -0.154. The summed E-state index contributed by atoms with van der Waals surface area (Å²) in [6.45, 7) is 3.38. The number of ether oxygens (including phenoxy) is 3. The molecule has 0 aliphatic heterocycles. The van der Waals surface area contributed by atoms with Crippen LogP contribution in [0.25, 0.3) is 0 Å². The van der Waals surface area contributed by atoms with Crippen LogP contribution in [-0.4, -0.2) is 25.2 Å². The van der Waals surface area contributed by atoms with E-state index in [1.807, 2.05) is 54.6 Å². The quantitative estimate of drug-likeness (QED) is 0.790. The summed E-state index contributed by atoms with van der Waals surface area (Å²) in [6.07, 6.45) is -0.999. The lowest BCUT2D eigenvalue weighted by atomic mass is 10.0. The first-order valence-corrected chi connectivity index (χ1v) is 7.83. The molecule has 0 fully saturated rings. The van der Waals surface area contributed by atoms with E-state index in [1.165, 1.54) is 0 Å². The van der Waals surface area contributed by atoms with Gasteiger partial charge in [0.05, 0.1) is 7.11 Å². The molecule has 0 aromatic heterocycles.